The zero-order valence-electron chi connectivity index (χ0n) is 30.8. The Bertz CT molecular complexity index is 3190. The van der Waals surface area contributed by atoms with E-state index in [2.05, 4.69) is 144 Å². The molecule has 11 aromatic rings. The highest BCUT2D eigenvalue weighted by Crippen LogP contribution is 2.44. The molecule has 11 rings (SSSR count). The topological polar surface area (TPSA) is 56.5 Å². The van der Waals surface area contributed by atoms with Gasteiger partial charge in [0.15, 0.2) is 17.5 Å². The van der Waals surface area contributed by atoms with E-state index in [1.165, 1.54) is 21.7 Å². The van der Waals surface area contributed by atoms with Gasteiger partial charge in [-0.2, -0.15) is 0 Å². The van der Waals surface area contributed by atoms with E-state index in [0.29, 0.717) is 17.5 Å². The molecule has 0 aliphatic heterocycles. The summed E-state index contributed by atoms with van der Waals surface area (Å²) < 4.78 is 2.38. The van der Waals surface area contributed by atoms with E-state index < -0.39 is 0 Å². The van der Waals surface area contributed by atoms with Crippen LogP contribution in [0.2, 0.25) is 0 Å². The summed E-state index contributed by atoms with van der Waals surface area (Å²) in [6.45, 7) is 0. The van der Waals surface area contributed by atoms with Gasteiger partial charge in [0.25, 0.3) is 0 Å². The molecular formula is C52H33N5. The van der Waals surface area contributed by atoms with Gasteiger partial charge in [0.05, 0.1) is 22.2 Å². The number of pyridine rings is 1. The molecule has 0 saturated carbocycles. The number of nitrogens with zero attached hydrogens (tertiary/aromatic N) is 5. The van der Waals surface area contributed by atoms with Crippen molar-refractivity contribution >= 4 is 43.5 Å². The average Bonchev–Trinajstić information content (AvgIpc) is 3.64. The number of benzene rings is 8. The molecule has 0 unspecified atom stereocenters. The van der Waals surface area contributed by atoms with Gasteiger partial charge in [-0.15, -0.1) is 0 Å². The molecular weight excluding hydrogens is 695 g/mol. The molecule has 0 saturated heterocycles. The predicted octanol–water partition coefficient (Wildman–Crippen LogP) is 13.0. The van der Waals surface area contributed by atoms with E-state index in [-0.39, 0.29) is 0 Å². The molecule has 0 radical (unpaired) electrons. The normalized spacial score (nSPS) is 11.5. The molecule has 266 valence electrons. The summed E-state index contributed by atoms with van der Waals surface area (Å²) in [5.74, 6) is 1.91. The van der Waals surface area contributed by atoms with Gasteiger partial charge in [-0.25, -0.2) is 19.9 Å². The van der Waals surface area contributed by atoms with Gasteiger partial charge in [0.2, 0.25) is 0 Å². The number of aromatic nitrogens is 5. The van der Waals surface area contributed by atoms with E-state index >= 15 is 0 Å². The third-order valence-electron chi connectivity index (χ3n) is 10.8. The molecule has 0 amide bonds. The van der Waals surface area contributed by atoms with Crippen molar-refractivity contribution in [2.24, 2.45) is 0 Å². The van der Waals surface area contributed by atoms with Crippen LogP contribution in [-0.4, -0.2) is 24.5 Å². The molecule has 0 bridgehead atoms. The summed E-state index contributed by atoms with van der Waals surface area (Å²) in [5, 5.41) is 5.83. The number of fused-ring (bicyclic) bond motifs is 7. The van der Waals surface area contributed by atoms with Crippen LogP contribution < -0.4 is 0 Å². The Morgan fingerprint density at radius 3 is 1.46 bits per heavy atom. The van der Waals surface area contributed by atoms with Gasteiger partial charge in [-0.3, -0.25) is 0 Å². The number of hydrogen-bond donors (Lipinski definition) is 0. The molecule has 0 aliphatic carbocycles. The molecule has 0 fully saturated rings. The number of para-hydroxylation sites is 2. The second-order valence-corrected chi connectivity index (χ2v) is 14.2. The standard InChI is InChI=1S/C52H33N5/c1-5-16-35(17-6-1)49-48-42(32-33-45-47(48)41-24-13-14-27-44(41)57(45)39-22-11-4-12-23-39)46-40(25-15-26-43(46)53-49)34-28-30-38(31-29-34)52-55-50(36-18-7-2-8-19-36)54-51(56-52)37-20-9-3-10-21-37/h1-33H. The van der Waals surface area contributed by atoms with E-state index in [1.807, 2.05) is 60.7 Å². The molecule has 3 heterocycles. The lowest BCUT2D eigenvalue weighted by Gasteiger charge is -2.16. The van der Waals surface area contributed by atoms with Gasteiger partial charge < -0.3 is 4.57 Å². The maximum Gasteiger partial charge on any atom is 0.164 e. The molecule has 3 aromatic heterocycles. The van der Waals surface area contributed by atoms with Crippen molar-refractivity contribution in [3.05, 3.63) is 200 Å². The Morgan fingerprint density at radius 2 is 0.825 bits per heavy atom. The van der Waals surface area contributed by atoms with Gasteiger partial charge in [-0.05, 0) is 46.8 Å². The van der Waals surface area contributed by atoms with Crippen LogP contribution in [0.25, 0.3) is 106 Å². The van der Waals surface area contributed by atoms with E-state index in [0.717, 1.165) is 66.6 Å². The maximum absolute atomic E-state index is 5.50. The lowest BCUT2D eigenvalue weighted by atomic mass is 9.92. The molecule has 0 spiro atoms. The highest BCUT2D eigenvalue weighted by Gasteiger charge is 2.21. The molecule has 0 aliphatic rings. The van der Waals surface area contributed by atoms with Crippen molar-refractivity contribution in [2.45, 2.75) is 0 Å². The van der Waals surface area contributed by atoms with Crippen molar-refractivity contribution in [3.8, 4) is 62.2 Å². The monoisotopic (exact) mass is 727 g/mol. The third-order valence-corrected chi connectivity index (χ3v) is 10.8. The molecule has 5 nitrogen and oxygen atoms in total. The Hall–Kier alpha value is -7.76. The fraction of sp³-hybridized carbons (Fsp3) is 0. The molecule has 57 heavy (non-hydrogen) atoms. The quantitative estimate of drug-likeness (QED) is 0.160. The summed E-state index contributed by atoms with van der Waals surface area (Å²) >= 11 is 0. The summed E-state index contributed by atoms with van der Waals surface area (Å²) in [6.07, 6.45) is 0. The first kappa shape index (κ1) is 32.7. The summed E-state index contributed by atoms with van der Waals surface area (Å²) in [5.41, 5.74) is 11.5. The first-order chi connectivity index (χ1) is 28.3. The first-order valence-corrected chi connectivity index (χ1v) is 19.2. The van der Waals surface area contributed by atoms with Crippen LogP contribution in [-0.2, 0) is 0 Å². The summed E-state index contributed by atoms with van der Waals surface area (Å²) in [6, 6.07) is 69.7. The van der Waals surface area contributed by atoms with Gasteiger partial charge in [-0.1, -0.05) is 170 Å². The average molecular weight is 728 g/mol. The zero-order valence-corrected chi connectivity index (χ0v) is 30.8. The lowest BCUT2D eigenvalue weighted by molar-refractivity contribution is 1.07. The van der Waals surface area contributed by atoms with Gasteiger partial charge in [0, 0.05) is 49.5 Å². The maximum atomic E-state index is 5.50. The van der Waals surface area contributed by atoms with Gasteiger partial charge in [0.1, 0.15) is 0 Å². The summed E-state index contributed by atoms with van der Waals surface area (Å²) in [7, 11) is 0. The van der Waals surface area contributed by atoms with Crippen LogP contribution in [0.15, 0.2) is 200 Å². The molecule has 5 heteroatoms. The molecule has 8 aromatic carbocycles. The smallest absolute Gasteiger partial charge is 0.164 e. The van der Waals surface area contributed by atoms with Crippen LogP contribution in [0, 0.1) is 0 Å². The fourth-order valence-corrected chi connectivity index (χ4v) is 8.24. The summed E-state index contributed by atoms with van der Waals surface area (Å²) in [4.78, 5) is 20.3. The van der Waals surface area contributed by atoms with Crippen molar-refractivity contribution in [3.63, 3.8) is 0 Å². The highest BCUT2D eigenvalue weighted by molar-refractivity contribution is 6.29. The fourth-order valence-electron chi connectivity index (χ4n) is 8.24. The minimum absolute atomic E-state index is 0.629. The first-order valence-electron chi connectivity index (χ1n) is 19.2. The third kappa shape index (κ3) is 5.56. The minimum Gasteiger partial charge on any atom is -0.309 e. The second kappa shape index (κ2) is 13.5. The SMILES string of the molecule is c1ccc(-c2nc(-c3ccccc3)nc(-c3ccc(-c4cccc5nc(-c6ccccc6)c6c(ccc7c6c6ccccc6n7-c6ccccc6)c45)cc3)n2)cc1. The van der Waals surface area contributed by atoms with Crippen molar-refractivity contribution in [1.82, 2.24) is 24.5 Å². The Balaban J connectivity index is 1.13. The molecule has 0 atom stereocenters. The van der Waals surface area contributed by atoms with Crippen molar-refractivity contribution in [2.75, 3.05) is 0 Å². The Labute approximate surface area is 329 Å². The van der Waals surface area contributed by atoms with Crippen molar-refractivity contribution < 1.29 is 0 Å². The Kier molecular flexibility index (Phi) is 7.74. The largest absolute Gasteiger partial charge is 0.309 e. The van der Waals surface area contributed by atoms with Crippen LogP contribution in [0.3, 0.4) is 0 Å². The number of rotatable bonds is 6. The Morgan fingerprint density at radius 1 is 0.298 bits per heavy atom. The van der Waals surface area contributed by atoms with Crippen LogP contribution in [0.1, 0.15) is 0 Å². The van der Waals surface area contributed by atoms with Gasteiger partial charge >= 0.3 is 0 Å². The zero-order chi connectivity index (χ0) is 37.7. The van der Waals surface area contributed by atoms with Crippen LogP contribution >= 0.6 is 0 Å². The van der Waals surface area contributed by atoms with E-state index in [4.69, 9.17) is 19.9 Å². The second-order valence-electron chi connectivity index (χ2n) is 14.2. The highest BCUT2D eigenvalue weighted by atomic mass is 15.0. The molecule has 0 N–H and O–H groups in total. The van der Waals surface area contributed by atoms with Crippen LogP contribution in [0.4, 0.5) is 0 Å². The van der Waals surface area contributed by atoms with E-state index in [9.17, 15) is 0 Å². The number of hydrogen-bond acceptors (Lipinski definition) is 4. The van der Waals surface area contributed by atoms with Crippen molar-refractivity contribution in [1.29, 1.82) is 0 Å². The lowest BCUT2D eigenvalue weighted by Crippen LogP contribution is -2.00. The van der Waals surface area contributed by atoms with Crippen LogP contribution in [0.5, 0.6) is 0 Å². The minimum atomic E-state index is 0.629. The van der Waals surface area contributed by atoms with E-state index in [1.54, 1.807) is 0 Å². The predicted molar refractivity (Wildman–Crippen MR) is 234 cm³/mol.